The lowest BCUT2D eigenvalue weighted by molar-refractivity contribution is -0.122. The Morgan fingerprint density at radius 3 is 2.35 bits per heavy atom. The van der Waals surface area contributed by atoms with Gasteiger partial charge >= 0.3 is 0 Å². The smallest absolute Gasteiger partial charge is 0.259 e. The Labute approximate surface area is 185 Å². The molecule has 0 spiro atoms. The number of likely N-dealkylation sites (N-methyl/N-ethyl adjacent to an activating group) is 1. The maximum Gasteiger partial charge on any atom is 0.259 e. The third kappa shape index (κ3) is 3.32. The van der Waals surface area contributed by atoms with Crippen molar-refractivity contribution in [2.45, 2.75) is 6.92 Å². The fourth-order valence-corrected chi connectivity index (χ4v) is 4.63. The first-order valence-corrected chi connectivity index (χ1v) is 10.7. The zero-order valence-electron chi connectivity index (χ0n) is 17.5. The van der Waals surface area contributed by atoms with Gasteiger partial charge in [-0.3, -0.25) is 14.9 Å². The second-order valence-corrected chi connectivity index (χ2v) is 8.57. The van der Waals surface area contributed by atoms with Crippen molar-refractivity contribution in [3.8, 4) is 0 Å². The van der Waals surface area contributed by atoms with Gasteiger partial charge in [-0.15, -0.1) is 0 Å². The summed E-state index contributed by atoms with van der Waals surface area (Å²) >= 11 is 6.71. The van der Waals surface area contributed by atoms with Crippen molar-refractivity contribution < 1.29 is 9.59 Å². The van der Waals surface area contributed by atoms with Gasteiger partial charge in [0.2, 0.25) is 0 Å². The topological polar surface area (TPSA) is 68.4 Å². The van der Waals surface area contributed by atoms with Crippen LogP contribution in [0.25, 0.3) is 22.0 Å². The number of H-pyrrole nitrogens is 1. The number of aromatic nitrogens is 1. The molecule has 5 rings (SSSR count). The maximum absolute atomic E-state index is 12.9. The zero-order chi connectivity index (χ0) is 21.7. The van der Waals surface area contributed by atoms with E-state index in [1.807, 2.05) is 37.3 Å². The number of benzene rings is 2. The normalized spacial score (nSPS) is 17.7. The quantitative estimate of drug-likeness (QED) is 0.619. The van der Waals surface area contributed by atoms with Crippen LogP contribution in [0, 0.1) is 6.92 Å². The van der Waals surface area contributed by atoms with Crippen LogP contribution in [0.2, 0.25) is 5.02 Å². The standard InChI is InChI=1S/C24H23ClN4O2/c1-14-11-15(29-9-7-28(2)8-10-29)12-17(22(14)25)20-21(24(31)27-23(20)30)18-13-26-19-6-4-3-5-16(18)19/h3-6,11-13,26H,7-10H2,1-2H3,(H,27,30,31). The number of carbonyl (C=O) groups excluding carboxylic acids is 2. The van der Waals surface area contributed by atoms with Gasteiger partial charge in [0.25, 0.3) is 11.8 Å². The molecule has 2 aliphatic rings. The van der Waals surface area contributed by atoms with Crippen LogP contribution in [0.4, 0.5) is 5.69 Å². The van der Waals surface area contributed by atoms with E-state index in [4.69, 9.17) is 11.6 Å². The number of carbonyl (C=O) groups is 2. The molecule has 0 aliphatic carbocycles. The Morgan fingerprint density at radius 1 is 0.935 bits per heavy atom. The monoisotopic (exact) mass is 434 g/mol. The number of fused-ring (bicyclic) bond motifs is 1. The average Bonchev–Trinajstić information content (AvgIpc) is 3.30. The van der Waals surface area contributed by atoms with Crippen LogP contribution in [0.3, 0.4) is 0 Å². The number of imide groups is 1. The highest BCUT2D eigenvalue weighted by Gasteiger charge is 2.35. The summed E-state index contributed by atoms with van der Waals surface area (Å²) in [5.74, 6) is -0.814. The summed E-state index contributed by atoms with van der Waals surface area (Å²) in [5, 5.41) is 3.86. The number of rotatable bonds is 3. The molecule has 0 saturated carbocycles. The van der Waals surface area contributed by atoms with Crippen molar-refractivity contribution >= 4 is 51.2 Å². The molecule has 1 saturated heterocycles. The maximum atomic E-state index is 12.9. The lowest BCUT2D eigenvalue weighted by Crippen LogP contribution is -2.44. The molecular formula is C24H23ClN4O2. The lowest BCUT2D eigenvalue weighted by Gasteiger charge is -2.34. The summed E-state index contributed by atoms with van der Waals surface area (Å²) in [6, 6.07) is 11.7. The van der Waals surface area contributed by atoms with Crippen LogP contribution in [-0.2, 0) is 9.59 Å². The molecular weight excluding hydrogens is 412 g/mol. The molecule has 2 amide bonds. The molecule has 0 radical (unpaired) electrons. The highest BCUT2D eigenvalue weighted by atomic mass is 35.5. The SMILES string of the molecule is Cc1cc(N2CCN(C)CC2)cc(C2=C(c3c[nH]c4ccccc34)C(=O)NC2=O)c1Cl. The van der Waals surface area contributed by atoms with Crippen molar-refractivity contribution in [2.24, 2.45) is 0 Å². The molecule has 0 atom stereocenters. The average molecular weight is 435 g/mol. The Bertz CT molecular complexity index is 1250. The molecule has 2 N–H and O–H groups in total. The van der Waals surface area contributed by atoms with Crippen molar-refractivity contribution in [3.05, 3.63) is 64.3 Å². The van der Waals surface area contributed by atoms with Gasteiger partial charge in [-0.25, -0.2) is 0 Å². The number of nitrogens with zero attached hydrogens (tertiary/aromatic N) is 2. The van der Waals surface area contributed by atoms with Gasteiger partial charge in [0.15, 0.2) is 0 Å². The first kappa shape index (κ1) is 19.8. The Morgan fingerprint density at radius 2 is 1.61 bits per heavy atom. The van der Waals surface area contributed by atoms with Crippen LogP contribution < -0.4 is 10.2 Å². The van der Waals surface area contributed by atoms with E-state index in [2.05, 4.69) is 33.2 Å². The van der Waals surface area contributed by atoms with Gasteiger partial charge < -0.3 is 14.8 Å². The first-order valence-electron chi connectivity index (χ1n) is 10.3. The van der Waals surface area contributed by atoms with Crippen LogP contribution in [-0.4, -0.2) is 54.9 Å². The highest BCUT2D eigenvalue weighted by Crippen LogP contribution is 2.40. The molecule has 1 fully saturated rings. The predicted molar refractivity (Wildman–Crippen MR) is 124 cm³/mol. The van der Waals surface area contributed by atoms with Gasteiger partial charge in [0.1, 0.15) is 0 Å². The summed E-state index contributed by atoms with van der Waals surface area (Å²) in [7, 11) is 2.11. The molecule has 3 heterocycles. The van der Waals surface area contributed by atoms with E-state index in [-0.39, 0.29) is 0 Å². The van der Waals surface area contributed by atoms with E-state index < -0.39 is 11.8 Å². The van der Waals surface area contributed by atoms with Crippen molar-refractivity contribution in [2.75, 3.05) is 38.1 Å². The molecule has 1 aromatic heterocycles. The van der Waals surface area contributed by atoms with E-state index >= 15 is 0 Å². The number of aromatic amines is 1. The van der Waals surface area contributed by atoms with Crippen molar-refractivity contribution in [3.63, 3.8) is 0 Å². The summed E-state index contributed by atoms with van der Waals surface area (Å²) in [6.07, 6.45) is 1.78. The largest absolute Gasteiger partial charge is 0.369 e. The van der Waals surface area contributed by atoms with E-state index in [9.17, 15) is 9.59 Å². The third-order valence-corrected chi connectivity index (χ3v) is 6.67. The number of amides is 2. The molecule has 0 unspecified atom stereocenters. The number of hydrogen-bond donors (Lipinski definition) is 2. The summed E-state index contributed by atoms with van der Waals surface area (Å²) in [6.45, 7) is 5.68. The molecule has 7 heteroatoms. The molecule has 0 bridgehead atoms. The minimum absolute atomic E-state index is 0.332. The lowest BCUT2D eigenvalue weighted by atomic mass is 9.94. The second kappa shape index (κ2) is 7.55. The van der Waals surface area contributed by atoms with E-state index in [0.29, 0.717) is 27.3 Å². The van der Waals surface area contributed by atoms with E-state index in [1.54, 1.807) is 6.20 Å². The number of anilines is 1. The number of aryl methyl sites for hydroxylation is 1. The molecule has 2 aromatic carbocycles. The predicted octanol–water partition coefficient (Wildman–Crippen LogP) is 3.45. The number of piperazine rings is 1. The van der Waals surface area contributed by atoms with Gasteiger partial charge in [-0.05, 0) is 37.7 Å². The van der Waals surface area contributed by atoms with Crippen molar-refractivity contribution in [1.29, 1.82) is 0 Å². The molecule has 3 aromatic rings. The number of halogens is 1. The number of para-hydroxylation sites is 1. The van der Waals surface area contributed by atoms with Gasteiger partial charge in [-0.1, -0.05) is 29.8 Å². The Balaban J connectivity index is 1.70. The van der Waals surface area contributed by atoms with Crippen LogP contribution in [0.5, 0.6) is 0 Å². The molecule has 6 nitrogen and oxygen atoms in total. The number of hydrogen-bond acceptors (Lipinski definition) is 4. The van der Waals surface area contributed by atoms with Crippen LogP contribution in [0.1, 0.15) is 16.7 Å². The summed E-state index contributed by atoms with van der Waals surface area (Å²) < 4.78 is 0. The molecule has 158 valence electrons. The second-order valence-electron chi connectivity index (χ2n) is 8.20. The third-order valence-electron chi connectivity index (χ3n) is 6.17. The van der Waals surface area contributed by atoms with Gasteiger partial charge in [0, 0.05) is 60.1 Å². The van der Waals surface area contributed by atoms with Gasteiger partial charge in [-0.2, -0.15) is 0 Å². The molecule has 2 aliphatic heterocycles. The van der Waals surface area contributed by atoms with Crippen LogP contribution >= 0.6 is 11.6 Å². The highest BCUT2D eigenvalue weighted by molar-refractivity contribution is 6.51. The molecule has 31 heavy (non-hydrogen) atoms. The van der Waals surface area contributed by atoms with Crippen molar-refractivity contribution in [1.82, 2.24) is 15.2 Å². The Hall–Kier alpha value is -3.09. The fourth-order valence-electron chi connectivity index (χ4n) is 4.43. The first-order chi connectivity index (χ1) is 14.9. The fraction of sp³-hybridized carbons (Fsp3) is 0.250. The minimum atomic E-state index is -0.415. The van der Waals surface area contributed by atoms with E-state index in [1.165, 1.54) is 0 Å². The number of nitrogens with one attached hydrogen (secondary N) is 2. The van der Waals surface area contributed by atoms with E-state index in [0.717, 1.165) is 48.3 Å². The summed E-state index contributed by atoms with van der Waals surface area (Å²) in [5.41, 5.74) is 4.80. The Kier molecular flexibility index (Phi) is 4.84. The van der Waals surface area contributed by atoms with Crippen LogP contribution in [0.15, 0.2) is 42.6 Å². The van der Waals surface area contributed by atoms with Gasteiger partial charge in [0.05, 0.1) is 16.2 Å². The zero-order valence-corrected chi connectivity index (χ0v) is 18.2. The minimum Gasteiger partial charge on any atom is -0.369 e. The summed E-state index contributed by atoms with van der Waals surface area (Å²) in [4.78, 5) is 33.6.